The van der Waals surface area contributed by atoms with Crippen LogP contribution in [0.5, 0.6) is 5.75 Å². The van der Waals surface area contributed by atoms with Gasteiger partial charge in [0.1, 0.15) is 5.75 Å². The third kappa shape index (κ3) is 6.27. The first-order valence-electron chi connectivity index (χ1n) is 14.4. The molecule has 41 heavy (non-hydrogen) atoms. The van der Waals surface area contributed by atoms with Crippen molar-refractivity contribution in [3.8, 4) is 5.75 Å². The number of aryl methyl sites for hydroxylation is 1. The average molecular weight is 556 g/mol. The summed E-state index contributed by atoms with van der Waals surface area (Å²) in [4.78, 5) is 31.8. The molecular formula is C31H37N7O3. The average Bonchev–Trinajstić information content (AvgIpc) is 3.66. The van der Waals surface area contributed by atoms with Gasteiger partial charge in [0, 0.05) is 39.3 Å². The van der Waals surface area contributed by atoms with Gasteiger partial charge in [-0.3, -0.25) is 4.79 Å². The predicted molar refractivity (Wildman–Crippen MR) is 159 cm³/mol. The number of hydrogen-bond donors (Lipinski definition) is 1. The number of carbonyl (C=O) groups excluding carboxylic acids is 1. The van der Waals surface area contributed by atoms with Gasteiger partial charge in [0.15, 0.2) is 17.0 Å². The number of carbonyl (C=O) groups is 1. The van der Waals surface area contributed by atoms with Crippen molar-refractivity contribution in [3.05, 3.63) is 71.5 Å². The second kappa shape index (κ2) is 12.1. The normalized spacial score (nSPS) is 17.3. The molecule has 1 amide bonds. The van der Waals surface area contributed by atoms with Gasteiger partial charge in [0.25, 0.3) is 0 Å². The maximum atomic E-state index is 13.1. The van der Waals surface area contributed by atoms with Crippen molar-refractivity contribution >= 4 is 28.8 Å². The number of ether oxygens (including phenoxy) is 2. The van der Waals surface area contributed by atoms with E-state index in [2.05, 4.69) is 46.0 Å². The smallest absolute Gasteiger partial charge is 0.229 e. The summed E-state index contributed by atoms with van der Waals surface area (Å²) >= 11 is 0. The van der Waals surface area contributed by atoms with Crippen LogP contribution in [0.2, 0.25) is 0 Å². The molecule has 0 bridgehead atoms. The summed E-state index contributed by atoms with van der Waals surface area (Å²) in [5, 5.41) is 3.51. The summed E-state index contributed by atoms with van der Waals surface area (Å²) in [5.41, 5.74) is 4.92. The van der Waals surface area contributed by atoms with E-state index in [1.807, 2.05) is 35.5 Å². The van der Waals surface area contributed by atoms with E-state index in [0.29, 0.717) is 51.6 Å². The summed E-state index contributed by atoms with van der Waals surface area (Å²) in [5.74, 6) is 2.25. The van der Waals surface area contributed by atoms with Crippen LogP contribution in [-0.2, 0) is 22.5 Å². The highest BCUT2D eigenvalue weighted by atomic mass is 16.5. The predicted octanol–water partition coefficient (Wildman–Crippen LogP) is 3.67. The number of nitrogens with one attached hydrogen (secondary N) is 1. The van der Waals surface area contributed by atoms with E-state index >= 15 is 0 Å². The lowest BCUT2D eigenvalue weighted by Crippen LogP contribution is -2.49. The molecule has 0 spiro atoms. The minimum Gasteiger partial charge on any atom is -0.497 e. The van der Waals surface area contributed by atoms with Gasteiger partial charge >= 0.3 is 0 Å². The van der Waals surface area contributed by atoms with E-state index in [0.717, 1.165) is 47.7 Å². The number of amides is 1. The summed E-state index contributed by atoms with van der Waals surface area (Å²) in [7, 11) is 1.64. The molecule has 2 aromatic carbocycles. The second-order valence-corrected chi connectivity index (χ2v) is 10.8. The Balaban J connectivity index is 1.20. The highest BCUT2D eigenvalue weighted by molar-refractivity contribution is 5.84. The standard InChI is InChI=1S/C31H37N7O3/c1-22-6-3-8-24(16-22)20-38-21-33-28-29(32-19-26-10-5-15-41-26)34-31(35-30(28)38)37-13-11-36(12-14-37)27(39)18-23-7-4-9-25(17-23)40-2/h3-4,6-9,16-17,21,26H,5,10-15,18-20H2,1-2H3,(H,32,34,35). The molecule has 214 valence electrons. The van der Waals surface area contributed by atoms with E-state index in [1.165, 1.54) is 11.1 Å². The third-order valence-corrected chi connectivity index (χ3v) is 7.81. The highest BCUT2D eigenvalue weighted by Gasteiger charge is 2.25. The molecule has 2 aromatic heterocycles. The third-order valence-electron chi connectivity index (χ3n) is 7.81. The number of piperazine rings is 1. The van der Waals surface area contributed by atoms with E-state index in [4.69, 9.17) is 24.4 Å². The molecule has 2 aliphatic heterocycles. The van der Waals surface area contributed by atoms with Gasteiger partial charge in [0.05, 0.1) is 32.5 Å². The monoisotopic (exact) mass is 555 g/mol. The number of benzene rings is 2. The molecule has 10 heteroatoms. The largest absolute Gasteiger partial charge is 0.497 e. The molecule has 2 fully saturated rings. The molecular weight excluding hydrogens is 518 g/mol. The van der Waals surface area contributed by atoms with Gasteiger partial charge in [-0.1, -0.05) is 42.0 Å². The van der Waals surface area contributed by atoms with Crippen LogP contribution in [0.4, 0.5) is 11.8 Å². The maximum absolute atomic E-state index is 13.1. The number of methoxy groups -OCH3 is 1. The number of rotatable bonds is 9. The van der Waals surface area contributed by atoms with E-state index < -0.39 is 0 Å². The Kier molecular flexibility index (Phi) is 8.00. The summed E-state index contributed by atoms with van der Waals surface area (Å²) in [6, 6.07) is 16.2. The van der Waals surface area contributed by atoms with E-state index in [1.54, 1.807) is 7.11 Å². The Bertz CT molecular complexity index is 1510. The summed E-state index contributed by atoms with van der Waals surface area (Å²) in [6.45, 7) is 6.82. The lowest BCUT2D eigenvalue weighted by Gasteiger charge is -2.35. The number of hydrogen-bond acceptors (Lipinski definition) is 8. The van der Waals surface area contributed by atoms with Crippen molar-refractivity contribution < 1.29 is 14.3 Å². The molecule has 4 aromatic rings. The molecule has 2 aliphatic rings. The van der Waals surface area contributed by atoms with Gasteiger partial charge in [0.2, 0.25) is 11.9 Å². The van der Waals surface area contributed by atoms with Crippen LogP contribution in [0.3, 0.4) is 0 Å². The molecule has 0 saturated carbocycles. The molecule has 1 N–H and O–H groups in total. The van der Waals surface area contributed by atoms with Crippen molar-refractivity contribution in [2.75, 3.05) is 56.7 Å². The van der Waals surface area contributed by atoms with Crippen molar-refractivity contribution in [2.24, 2.45) is 0 Å². The fourth-order valence-electron chi connectivity index (χ4n) is 5.56. The fourth-order valence-corrected chi connectivity index (χ4v) is 5.56. The minimum absolute atomic E-state index is 0.115. The second-order valence-electron chi connectivity index (χ2n) is 10.8. The highest BCUT2D eigenvalue weighted by Crippen LogP contribution is 2.25. The lowest BCUT2D eigenvalue weighted by molar-refractivity contribution is -0.130. The molecule has 1 unspecified atom stereocenters. The zero-order valence-corrected chi connectivity index (χ0v) is 23.8. The zero-order valence-electron chi connectivity index (χ0n) is 23.8. The first-order chi connectivity index (χ1) is 20.1. The number of aromatic nitrogens is 4. The number of fused-ring (bicyclic) bond motifs is 1. The van der Waals surface area contributed by atoms with Crippen LogP contribution >= 0.6 is 0 Å². The van der Waals surface area contributed by atoms with Crippen molar-refractivity contribution in [2.45, 2.75) is 38.8 Å². The molecule has 0 aliphatic carbocycles. The molecule has 6 rings (SSSR count). The van der Waals surface area contributed by atoms with Gasteiger partial charge in [-0.2, -0.15) is 9.97 Å². The Labute approximate surface area is 240 Å². The van der Waals surface area contributed by atoms with Gasteiger partial charge < -0.3 is 29.2 Å². The Morgan fingerprint density at radius 1 is 1.07 bits per heavy atom. The molecule has 10 nitrogen and oxygen atoms in total. The quantitative estimate of drug-likeness (QED) is 0.334. The van der Waals surface area contributed by atoms with Crippen LogP contribution in [0.1, 0.15) is 29.5 Å². The maximum Gasteiger partial charge on any atom is 0.229 e. The molecule has 0 radical (unpaired) electrons. The van der Waals surface area contributed by atoms with E-state index in [9.17, 15) is 4.79 Å². The first kappa shape index (κ1) is 27.0. The summed E-state index contributed by atoms with van der Waals surface area (Å²) < 4.78 is 13.2. The first-order valence-corrected chi connectivity index (χ1v) is 14.4. The molecule has 2 saturated heterocycles. The summed E-state index contributed by atoms with van der Waals surface area (Å²) in [6.07, 6.45) is 4.51. The topological polar surface area (TPSA) is 97.6 Å². The Morgan fingerprint density at radius 3 is 2.68 bits per heavy atom. The van der Waals surface area contributed by atoms with Gasteiger partial charge in [-0.15, -0.1) is 0 Å². The molecule has 1 atom stereocenters. The lowest BCUT2D eigenvalue weighted by atomic mass is 10.1. The number of anilines is 2. The van der Waals surface area contributed by atoms with Crippen molar-refractivity contribution in [1.29, 1.82) is 0 Å². The Morgan fingerprint density at radius 2 is 1.90 bits per heavy atom. The van der Waals surface area contributed by atoms with Crippen molar-refractivity contribution in [1.82, 2.24) is 24.4 Å². The van der Waals surface area contributed by atoms with Crippen LogP contribution in [0.15, 0.2) is 54.9 Å². The zero-order chi connectivity index (χ0) is 28.2. The van der Waals surface area contributed by atoms with Crippen LogP contribution in [0.25, 0.3) is 11.2 Å². The SMILES string of the molecule is COc1cccc(CC(=O)N2CCN(c3nc(NCC4CCCO4)c4ncn(Cc5cccc(C)c5)c4n3)CC2)c1. The molecule has 4 heterocycles. The minimum atomic E-state index is 0.115. The van der Waals surface area contributed by atoms with Crippen LogP contribution in [0, 0.1) is 6.92 Å². The van der Waals surface area contributed by atoms with Crippen LogP contribution < -0.4 is 15.0 Å². The van der Waals surface area contributed by atoms with Crippen LogP contribution in [-0.4, -0.2) is 82.9 Å². The van der Waals surface area contributed by atoms with Gasteiger partial charge in [-0.05, 0) is 43.0 Å². The number of imidazole rings is 1. The number of nitrogens with zero attached hydrogens (tertiary/aromatic N) is 6. The van der Waals surface area contributed by atoms with Crippen molar-refractivity contribution in [3.63, 3.8) is 0 Å². The van der Waals surface area contributed by atoms with E-state index in [-0.39, 0.29) is 12.0 Å². The van der Waals surface area contributed by atoms with Gasteiger partial charge in [-0.25, -0.2) is 4.98 Å². The Hall–Kier alpha value is -4.18. The fraction of sp³-hybridized carbons (Fsp3) is 0.419.